The number of nitrogens with zero attached hydrogens (tertiary/aromatic N) is 1. The van der Waals surface area contributed by atoms with Crippen molar-refractivity contribution >= 4 is 55.2 Å². The average Bonchev–Trinajstić information content (AvgIpc) is 2.35. The van der Waals surface area contributed by atoms with Gasteiger partial charge >= 0.3 is 0 Å². The Bertz CT molecular complexity index is 604. The summed E-state index contributed by atoms with van der Waals surface area (Å²) in [5.41, 5.74) is 0.392. The van der Waals surface area contributed by atoms with E-state index in [9.17, 15) is 4.79 Å². The van der Waals surface area contributed by atoms with Crippen molar-refractivity contribution in [2.45, 2.75) is 0 Å². The van der Waals surface area contributed by atoms with Crippen LogP contribution in [0.2, 0.25) is 5.02 Å². The van der Waals surface area contributed by atoms with Crippen LogP contribution in [-0.4, -0.2) is 10.9 Å². The Morgan fingerprint density at radius 3 is 2.61 bits per heavy atom. The van der Waals surface area contributed by atoms with Crippen molar-refractivity contribution in [3.63, 3.8) is 0 Å². The van der Waals surface area contributed by atoms with Crippen molar-refractivity contribution < 1.29 is 4.79 Å². The number of anilines is 1. The van der Waals surface area contributed by atoms with Crippen LogP contribution in [0.1, 0.15) is 10.4 Å². The first-order valence-electron chi connectivity index (χ1n) is 4.95. The SMILES string of the molecule is O=C(Nc1ncccc1Br)c1cccc(Br)c1Cl. The van der Waals surface area contributed by atoms with Gasteiger partial charge in [-0.1, -0.05) is 17.7 Å². The predicted octanol–water partition coefficient (Wildman–Crippen LogP) is 4.51. The second-order valence-corrected chi connectivity index (χ2v) is 5.48. The topological polar surface area (TPSA) is 42.0 Å². The summed E-state index contributed by atoms with van der Waals surface area (Å²) in [5.74, 6) is 0.152. The fraction of sp³-hybridized carbons (Fsp3) is 0. The van der Waals surface area contributed by atoms with Gasteiger partial charge in [0.1, 0.15) is 5.82 Å². The van der Waals surface area contributed by atoms with Crippen LogP contribution in [0.3, 0.4) is 0 Å². The molecule has 0 spiro atoms. The van der Waals surface area contributed by atoms with Crippen LogP contribution in [0.5, 0.6) is 0 Å². The van der Waals surface area contributed by atoms with Gasteiger partial charge in [0.2, 0.25) is 0 Å². The summed E-state index contributed by atoms with van der Waals surface area (Å²) in [5, 5.41) is 3.07. The van der Waals surface area contributed by atoms with E-state index in [2.05, 4.69) is 42.2 Å². The third-order valence-corrected chi connectivity index (χ3v) is 4.12. The molecule has 0 radical (unpaired) electrons. The fourth-order valence-corrected chi connectivity index (χ4v) is 2.26. The van der Waals surface area contributed by atoms with Gasteiger partial charge in [0, 0.05) is 10.7 Å². The molecule has 0 aliphatic heterocycles. The molecule has 1 N–H and O–H groups in total. The minimum absolute atomic E-state index is 0.305. The van der Waals surface area contributed by atoms with E-state index in [1.54, 1.807) is 36.5 Å². The van der Waals surface area contributed by atoms with Crippen LogP contribution >= 0.6 is 43.5 Å². The van der Waals surface area contributed by atoms with E-state index >= 15 is 0 Å². The van der Waals surface area contributed by atoms with Gasteiger partial charge in [0.25, 0.3) is 5.91 Å². The zero-order valence-corrected chi connectivity index (χ0v) is 12.9. The molecule has 1 heterocycles. The molecule has 1 amide bonds. The Labute approximate surface area is 126 Å². The van der Waals surface area contributed by atoms with E-state index < -0.39 is 0 Å². The number of carbonyl (C=O) groups excluding carboxylic acids is 1. The molecule has 0 unspecified atom stereocenters. The third-order valence-electron chi connectivity index (χ3n) is 2.19. The molecule has 0 saturated carbocycles. The van der Waals surface area contributed by atoms with Crippen LogP contribution in [0.15, 0.2) is 45.5 Å². The number of amides is 1. The highest BCUT2D eigenvalue weighted by atomic mass is 79.9. The standard InChI is InChI=1S/C12H7Br2ClN2O/c13-8-4-1-3-7(10(8)15)12(18)17-11-9(14)5-2-6-16-11/h1-6H,(H,16,17,18). The normalized spacial score (nSPS) is 10.2. The van der Waals surface area contributed by atoms with Gasteiger partial charge in [0.15, 0.2) is 0 Å². The Morgan fingerprint density at radius 1 is 1.17 bits per heavy atom. The zero-order valence-electron chi connectivity index (χ0n) is 8.95. The Hall–Kier alpha value is -0.910. The first-order valence-corrected chi connectivity index (χ1v) is 6.92. The Kier molecular flexibility index (Phi) is 4.37. The summed E-state index contributed by atoms with van der Waals surface area (Å²) in [6.07, 6.45) is 1.60. The van der Waals surface area contributed by atoms with E-state index in [1.807, 2.05) is 0 Å². The van der Waals surface area contributed by atoms with Gasteiger partial charge < -0.3 is 5.32 Å². The van der Waals surface area contributed by atoms with E-state index in [1.165, 1.54) is 0 Å². The van der Waals surface area contributed by atoms with E-state index in [-0.39, 0.29) is 5.91 Å². The number of carbonyl (C=O) groups is 1. The largest absolute Gasteiger partial charge is 0.306 e. The zero-order chi connectivity index (χ0) is 13.1. The monoisotopic (exact) mass is 388 g/mol. The second kappa shape index (κ2) is 5.82. The van der Waals surface area contributed by atoms with E-state index in [0.717, 1.165) is 0 Å². The molecule has 0 atom stereocenters. The molecule has 6 heteroatoms. The molecule has 3 nitrogen and oxygen atoms in total. The molecule has 18 heavy (non-hydrogen) atoms. The Morgan fingerprint density at radius 2 is 1.89 bits per heavy atom. The first kappa shape index (κ1) is 13.5. The average molecular weight is 390 g/mol. The molecule has 0 saturated heterocycles. The van der Waals surface area contributed by atoms with Gasteiger partial charge in [-0.2, -0.15) is 0 Å². The number of nitrogens with one attached hydrogen (secondary N) is 1. The highest BCUT2D eigenvalue weighted by Crippen LogP contribution is 2.27. The summed E-state index contributed by atoms with van der Waals surface area (Å²) < 4.78 is 1.39. The van der Waals surface area contributed by atoms with Crippen LogP contribution in [-0.2, 0) is 0 Å². The van der Waals surface area contributed by atoms with Crippen LogP contribution in [0, 0.1) is 0 Å². The molecule has 0 bridgehead atoms. The Balaban J connectivity index is 2.28. The molecular formula is C12H7Br2ClN2O. The van der Waals surface area contributed by atoms with Gasteiger partial charge in [-0.15, -0.1) is 0 Å². The van der Waals surface area contributed by atoms with Crippen LogP contribution in [0.25, 0.3) is 0 Å². The van der Waals surface area contributed by atoms with Crippen molar-refractivity contribution in [1.29, 1.82) is 0 Å². The maximum absolute atomic E-state index is 12.1. The maximum Gasteiger partial charge on any atom is 0.258 e. The van der Waals surface area contributed by atoms with Gasteiger partial charge in [0.05, 0.1) is 15.1 Å². The van der Waals surface area contributed by atoms with Gasteiger partial charge in [-0.05, 0) is 56.1 Å². The molecule has 1 aromatic carbocycles. The summed E-state index contributed by atoms with van der Waals surface area (Å²) >= 11 is 12.6. The van der Waals surface area contributed by atoms with E-state index in [0.29, 0.717) is 25.3 Å². The molecule has 2 aromatic rings. The van der Waals surface area contributed by atoms with Crippen molar-refractivity contribution in [3.05, 3.63) is 56.1 Å². The third kappa shape index (κ3) is 2.91. The first-order chi connectivity index (χ1) is 8.59. The number of halogens is 3. The van der Waals surface area contributed by atoms with Crippen molar-refractivity contribution in [2.75, 3.05) is 5.32 Å². The van der Waals surface area contributed by atoms with Crippen molar-refractivity contribution in [1.82, 2.24) is 4.98 Å². The lowest BCUT2D eigenvalue weighted by molar-refractivity contribution is 0.102. The molecule has 1 aromatic heterocycles. The minimum atomic E-state index is -0.305. The lowest BCUT2D eigenvalue weighted by atomic mass is 10.2. The number of aromatic nitrogens is 1. The summed E-state index contributed by atoms with van der Waals surface area (Å²) in [6, 6.07) is 8.74. The number of hydrogen-bond acceptors (Lipinski definition) is 2. The smallest absolute Gasteiger partial charge is 0.258 e. The summed E-state index contributed by atoms with van der Waals surface area (Å²) in [7, 11) is 0. The molecule has 92 valence electrons. The lowest BCUT2D eigenvalue weighted by Gasteiger charge is -2.08. The minimum Gasteiger partial charge on any atom is -0.306 e. The quantitative estimate of drug-likeness (QED) is 0.820. The van der Waals surface area contributed by atoms with Crippen molar-refractivity contribution in [3.8, 4) is 0 Å². The molecule has 2 rings (SSSR count). The second-order valence-electron chi connectivity index (χ2n) is 3.39. The van der Waals surface area contributed by atoms with Gasteiger partial charge in [-0.25, -0.2) is 4.98 Å². The number of pyridine rings is 1. The number of benzene rings is 1. The highest BCUT2D eigenvalue weighted by Gasteiger charge is 2.13. The molecule has 0 aliphatic rings. The van der Waals surface area contributed by atoms with Crippen LogP contribution < -0.4 is 5.32 Å². The molecule has 0 aliphatic carbocycles. The number of hydrogen-bond donors (Lipinski definition) is 1. The maximum atomic E-state index is 12.1. The number of rotatable bonds is 2. The van der Waals surface area contributed by atoms with E-state index in [4.69, 9.17) is 11.6 Å². The van der Waals surface area contributed by atoms with Gasteiger partial charge in [-0.3, -0.25) is 4.79 Å². The summed E-state index contributed by atoms with van der Waals surface area (Å²) in [6.45, 7) is 0. The summed E-state index contributed by atoms with van der Waals surface area (Å²) in [4.78, 5) is 16.1. The molecular weight excluding hydrogens is 383 g/mol. The van der Waals surface area contributed by atoms with Crippen molar-refractivity contribution in [2.24, 2.45) is 0 Å². The lowest BCUT2D eigenvalue weighted by Crippen LogP contribution is -2.13. The molecule has 0 fully saturated rings. The predicted molar refractivity (Wildman–Crippen MR) is 79.0 cm³/mol. The highest BCUT2D eigenvalue weighted by molar-refractivity contribution is 9.11. The fourth-order valence-electron chi connectivity index (χ4n) is 1.33. The van der Waals surface area contributed by atoms with Crippen LogP contribution in [0.4, 0.5) is 5.82 Å².